The Bertz CT molecular complexity index is 1550. The van der Waals surface area contributed by atoms with Crippen molar-refractivity contribution in [2.75, 3.05) is 32.6 Å². The number of fused-ring (bicyclic) bond motifs is 1. The summed E-state index contributed by atoms with van der Waals surface area (Å²) in [5, 5.41) is 22.3. The molecule has 41 heavy (non-hydrogen) atoms. The van der Waals surface area contributed by atoms with E-state index in [9.17, 15) is 14.9 Å². The summed E-state index contributed by atoms with van der Waals surface area (Å²) in [5.74, 6) is 1.30. The number of methoxy groups -OCH3 is 2. The molecule has 1 aliphatic heterocycles. The first-order valence-electron chi connectivity index (χ1n) is 13.1. The molecule has 2 heterocycles. The second kappa shape index (κ2) is 12.5. The molecule has 5 rings (SSSR count). The molecule has 1 amide bonds. The normalized spacial score (nSPS) is 12.8. The third kappa shape index (κ3) is 6.44. The largest absolute Gasteiger partial charge is 0.493 e. The summed E-state index contributed by atoms with van der Waals surface area (Å²) in [4.78, 5) is 26.1. The SMILES string of the molecule is COc1cc2c(cc1OC)CN(CCn1cc(COc3ccccc3C(=O)Nc3ccccc3[N+](=O)[O-])nn1)CC2. The lowest BCUT2D eigenvalue weighted by Crippen LogP contribution is -2.33. The molecule has 1 N–H and O–H groups in total. The summed E-state index contributed by atoms with van der Waals surface area (Å²) in [7, 11) is 3.29. The van der Waals surface area contributed by atoms with Gasteiger partial charge in [-0.15, -0.1) is 5.10 Å². The van der Waals surface area contributed by atoms with Crippen molar-refractivity contribution in [2.24, 2.45) is 0 Å². The zero-order valence-corrected chi connectivity index (χ0v) is 22.8. The van der Waals surface area contributed by atoms with Gasteiger partial charge in [0.25, 0.3) is 11.6 Å². The van der Waals surface area contributed by atoms with Crippen LogP contribution in [0.15, 0.2) is 66.9 Å². The molecule has 0 spiro atoms. The Morgan fingerprint density at radius 3 is 2.51 bits per heavy atom. The van der Waals surface area contributed by atoms with Gasteiger partial charge in [0.2, 0.25) is 0 Å². The zero-order valence-electron chi connectivity index (χ0n) is 22.8. The number of hydrogen-bond donors (Lipinski definition) is 1. The summed E-state index contributed by atoms with van der Waals surface area (Å²) in [5.41, 5.74) is 3.28. The van der Waals surface area contributed by atoms with Crippen LogP contribution in [0, 0.1) is 10.1 Å². The average molecular weight is 559 g/mol. The van der Waals surface area contributed by atoms with E-state index in [0.29, 0.717) is 18.0 Å². The van der Waals surface area contributed by atoms with Gasteiger partial charge >= 0.3 is 0 Å². The Morgan fingerprint density at radius 1 is 1.00 bits per heavy atom. The topological polar surface area (TPSA) is 134 Å². The maximum atomic E-state index is 12.9. The Hall–Kier alpha value is -4.97. The third-order valence-corrected chi connectivity index (χ3v) is 6.88. The van der Waals surface area contributed by atoms with Gasteiger partial charge in [-0.3, -0.25) is 24.5 Å². The highest BCUT2D eigenvalue weighted by Gasteiger charge is 2.20. The number of amides is 1. The molecule has 0 aliphatic carbocycles. The highest BCUT2D eigenvalue weighted by molar-refractivity contribution is 6.07. The molecule has 12 nitrogen and oxygen atoms in total. The Labute approximate surface area is 236 Å². The van der Waals surface area contributed by atoms with Gasteiger partial charge in [-0.1, -0.05) is 29.5 Å². The van der Waals surface area contributed by atoms with Gasteiger partial charge in [0.15, 0.2) is 11.5 Å². The number of carbonyl (C=O) groups is 1. The minimum absolute atomic E-state index is 0.106. The average Bonchev–Trinajstić information content (AvgIpc) is 3.46. The van der Waals surface area contributed by atoms with E-state index >= 15 is 0 Å². The molecule has 3 aromatic carbocycles. The molecule has 0 atom stereocenters. The van der Waals surface area contributed by atoms with Gasteiger partial charge in [0.1, 0.15) is 23.7 Å². The number of nitrogens with one attached hydrogen (secondary N) is 1. The smallest absolute Gasteiger partial charge is 0.292 e. The lowest BCUT2D eigenvalue weighted by molar-refractivity contribution is -0.383. The van der Waals surface area contributed by atoms with Crippen molar-refractivity contribution >= 4 is 17.3 Å². The van der Waals surface area contributed by atoms with Crippen LogP contribution in [0.5, 0.6) is 17.2 Å². The van der Waals surface area contributed by atoms with E-state index in [4.69, 9.17) is 14.2 Å². The van der Waals surface area contributed by atoms with Gasteiger partial charge in [-0.05, 0) is 47.9 Å². The molecule has 4 aromatic rings. The number of nitrogens with zero attached hydrogens (tertiary/aromatic N) is 5. The molecule has 0 fully saturated rings. The van der Waals surface area contributed by atoms with E-state index in [1.807, 2.05) is 12.3 Å². The number of ether oxygens (including phenoxy) is 3. The monoisotopic (exact) mass is 558 g/mol. The van der Waals surface area contributed by atoms with E-state index in [1.54, 1.807) is 55.3 Å². The first-order chi connectivity index (χ1) is 19.9. The molecular weight excluding hydrogens is 528 g/mol. The van der Waals surface area contributed by atoms with Crippen molar-refractivity contribution in [1.29, 1.82) is 0 Å². The highest BCUT2D eigenvalue weighted by Crippen LogP contribution is 2.33. The number of carbonyl (C=O) groups excluding carboxylic acids is 1. The molecule has 212 valence electrons. The number of benzene rings is 3. The van der Waals surface area contributed by atoms with Crippen molar-refractivity contribution < 1.29 is 23.9 Å². The van der Waals surface area contributed by atoms with Crippen LogP contribution in [0.25, 0.3) is 0 Å². The number of nitro benzene ring substituents is 1. The quantitative estimate of drug-likeness (QED) is 0.213. The van der Waals surface area contributed by atoms with Crippen molar-refractivity contribution in [3.05, 3.63) is 99.4 Å². The van der Waals surface area contributed by atoms with Crippen LogP contribution in [-0.4, -0.2) is 58.0 Å². The van der Waals surface area contributed by atoms with Crippen LogP contribution >= 0.6 is 0 Å². The lowest BCUT2D eigenvalue weighted by Gasteiger charge is -2.29. The molecule has 1 aliphatic rings. The first kappa shape index (κ1) is 27.6. The molecule has 1 aromatic heterocycles. The number of hydrogen-bond acceptors (Lipinski definition) is 9. The second-order valence-electron chi connectivity index (χ2n) is 9.49. The fourth-order valence-corrected chi connectivity index (χ4v) is 4.75. The lowest BCUT2D eigenvalue weighted by atomic mass is 9.99. The summed E-state index contributed by atoms with van der Waals surface area (Å²) < 4.78 is 18.6. The Morgan fingerprint density at radius 2 is 1.73 bits per heavy atom. The zero-order chi connectivity index (χ0) is 28.8. The van der Waals surface area contributed by atoms with Crippen LogP contribution in [0.4, 0.5) is 11.4 Å². The van der Waals surface area contributed by atoms with E-state index in [1.165, 1.54) is 23.3 Å². The van der Waals surface area contributed by atoms with Crippen LogP contribution in [-0.2, 0) is 26.1 Å². The van der Waals surface area contributed by atoms with Gasteiger partial charge in [0.05, 0.1) is 37.4 Å². The number of nitro groups is 1. The van der Waals surface area contributed by atoms with Gasteiger partial charge in [0, 0.05) is 25.7 Å². The summed E-state index contributed by atoms with van der Waals surface area (Å²) in [6.45, 7) is 3.30. The predicted octanol–water partition coefficient (Wildman–Crippen LogP) is 4.09. The Kier molecular flexibility index (Phi) is 8.39. The van der Waals surface area contributed by atoms with Gasteiger partial charge in [-0.25, -0.2) is 0 Å². The summed E-state index contributed by atoms with van der Waals surface area (Å²) in [6.07, 6.45) is 2.75. The van der Waals surface area contributed by atoms with E-state index in [2.05, 4.69) is 26.6 Å². The van der Waals surface area contributed by atoms with Gasteiger partial charge < -0.3 is 19.5 Å². The van der Waals surface area contributed by atoms with E-state index in [-0.39, 0.29) is 23.5 Å². The van der Waals surface area contributed by atoms with Crippen molar-refractivity contribution in [1.82, 2.24) is 19.9 Å². The fraction of sp³-hybridized carbons (Fsp3) is 0.276. The maximum absolute atomic E-state index is 12.9. The molecule has 12 heteroatoms. The number of para-hydroxylation sites is 3. The number of anilines is 1. The molecule has 0 saturated carbocycles. The van der Waals surface area contributed by atoms with Crippen molar-refractivity contribution in [2.45, 2.75) is 26.1 Å². The minimum Gasteiger partial charge on any atom is -0.493 e. The molecule has 0 unspecified atom stereocenters. The second-order valence-corrected chi connectivity index (χ2v) is 9.49. The third-order valence-electron chi connectivity index (χ3n) is 6.88. The number of aromatic nitrogens is 3. The maximum Gasteiger partial charge on any atom is 0.292 e. The molecule has 0 radical (unpaired) electrons. The minimum atomic E-state index is -0.542. The standard InChI is InChI=1S/C29H30N6O6/c1-39-27-15-20-11-12-33(17-21(20)16-28(27)40-2)13-14-34-18-22(31-32-34)19-41-26-10-6-3-7-23(26)29(36)30-24-8-4-5-9-25(24)35(37)38/h3-10,15-16,18H,11-14,17,19H2,1-2H3,(H,30,36). The summed E-state index contributed by atoms with van der Waals surface area (Å²) in [6, 6.07) is 16.8. The molecule has 0 bridgehead atoms. The van der Waals surface area contributed by atoms with Crippen molar-refractivity contribution in [3.63, 3.8) is 0 Å². The van der Waals surface area contributed by atoms with E-state index in [0.717, 1.165) is 37.6 Å². The van der Waals surface area contributed by atoms with Crippen LogP contribution in [0.1, 0.15) is 27.2 Å². The highest BCUT2D eigenvalue weighted by atomic mass is 16.6. The van der Waals surface area contributed by atoms with Crippen LogP contribution in [0.3, 0.4) is 0 Å². The van der Waals surface area contributed by atoms with Gasteiger partial charge in [-0.2, -0.15) is 0 Å². The first-order valence-corrected chi connectivity index (χ1v) is 13.1. The number of rotatable bonds is 11. The molecular formula is C29H30N6O6. The summed E-state index contributed by atoms with van der Waals surface area (Å²) >= 11 is 0. The Balaban J connectivity index is 1.17. The van der Waals surface area contributed by atoms with Crippen LogP contribution < -0.4 is 19.5 Å². The van der Waals surface area contributed by atoms with Crippen molar-refractivity contribution in [3.8, 4) is 17.2 Å². The molecule has 0 saturated heterocycles. The van der Waals surface area contributed by atoms with E-state index < -0.39 is 10.8 Å². The predicted molar refractivity (Wildman–Crippen MR) is 150 cm³/mol. The fourth-order valence-electron chi connectivity index (χ4n) is 4.75. The van der Waals surface area contributed by atoms with Crippen LogP contribution in [0.2, 0.25) is 0 Å².